The average Bonchev–Trinajstić information content (AvgIpc) is 2.95. The third-order valence-corrected chi connectivity index (χ3v) is 4.18. The van der Waals surface area contributed by atoms with E-state index in [0.717, 1.165) is 31.8 Å². The number of amidine groups is 1. The van der Waals surface area contributed by atoms with Crippen LogP contribution in [-0.2, 0) is 9.47 Å². The molecular weight excluding hydrogens is 264 g/mol. The highest BCUT2D eigenvalue weighted by atomic mass is 16.7. The number of hydrogen-bond acceptors (Lipinski definition) is 4. The highest BCUT2D eigenvalue weighted by Gasteiger charge is 2.47. The zero-order valence-electron chi connectivity index (χ0n) is 12.9. The van der Waals surface area contributed by atoms with Crippen molar-refractivity contribution in [2.75, 3.05) is 26.3 Å². The van der Waals surface area contributed by atoms with Gasteiger partial charge >= 0.3 is 0 Å². The SMILES string of the molecule is CCOC1(OCC)CCCN2CC(c3ccccc3)N=C21. The summed E-state index contributed by atoms with van der Waals surface area (Å²) in [6.45, 7) is 7.30. The molecule has 0 bridgehead atoms. The minimum atomic E-state index is -0.634. The molecule has 2 heterocycles. The number of piperidine rings is 1. The maximum Gasteiger partial charge on any atom is 0.227 e. The summed E-state index contributed by atoms with van der Waals surface area (Å²) in [5, 5.41) is 0. The number of nitrogens with zero attached hydrogens (tertiary/aromatic N) is 2. The first kappa shape index (κ1) is 14.5. The Labute approximate surface area is 126 Å². The molecule has 0 saturated carbocycles. The second kappa shape index (κ2) is 6.16. The zero-order valence-corrected chi connectivity index (χ0v) is 12.9. The standard InChI is InChI=1S/C17H24N2O2/c1-3-20-17(21-4-2)11-8-12-19-13-15(18-16(17)19)14-9-6-5-7-10-14/h5-7,9-10,15H,3-4,8,11-13H2,1-2H3. The first-order valence-corrected chi connectivity index (χ1v) is 7.95. The summed E-state index contributed by atoms with van der Waals surface area (Å²) in [6.07, 6.45) is 1.98. The lowest BCUT2D eigenvalue weighted by Crippen LogP contribution is -2.55. The van der Waals surface area contributed by atoms with Crippen molar-refractivity contribution in [3.8, 4) is 0 Å². The molecule has 0 aromatic heterocycles. The molecule has 21 heavy (non-hydrogen) atoms. The van der Waals surface area contributed by atoms with Crippen LogP contribution < -0.4 is 0 Å². The lowest BCUT2D eigenvalue weighted by Gasteiger charge is -2.41. The van der Waals surface area contributed by atoms with Crippen LogP contribution in [0, 0.1) is 0 Å². The Kier molecular flexibility index (Phi) is 4.27. The molecule has 114 valence electrons. The van der Waals surface area contributed by atoms with E-state index in [4.69, 9.17) is 14.5 Å². The van der Waals surface area contributed by atoms with E-state index >= 15 is 0 Å². The number of rotatable bonds is 5. The maximum absolute atomic E-state index is 6.01. The van der Waals surface area contributed by atoms with Crippen LogP contribution >= 0.6 is 0 Å². The largest absolute Gasteiger partial charge is 0.353 e. The Morgan fingerprint density at radius 2 is 1.90 bits per heavy atom. The Morgan fingerprint density at radius 3 is 2.57 bits per heavy atom. The predicted octanol–water partition coefficient (Wildman–Crippen LogP) is 3.00. The molecule has 0 aliphatic carbocycles. The monoisotopic (exact) mass is 288 g/mol. The molecule has 4 heteroatoms. The van der Waals surface area contributed by atoms with Crippen LogP contribution in [0.2, 0.25) is 0 Å². The van der Waals surface area contributed by atoms with E-state index in [0.29, 0.717) is 13.2 Å². The van der Waals surface area contributed by atoms with Crippen LogP contribution in [0.15, 0.2) is 35.3 Å². The van der Waals surface area contributed by atoms with Gasteiger partial charge in [0.1, 0.15) is 0 Å². The Bertz CT molecular complexity index is 489. The minimum Gasteiger partial charge on any atom is -0.353 e. The van der Waals surface area contributed by atoms with Crippen molar-refractivity contribution in [1.29, 1.82) is 0 Å². The highest BCUT2D eigenvalue weighted by Crippen LogP contribution is 2.36. The summed E-state index contributed by atoms with van der Waals surface area (Å²) in [6, 6.07) is 10.7. The van der Waals surface area contributed by atoms with Gasteiger partial charge in [-0.25, -0.2) is 0 Å². The fourth-order valence-corrected chi connectivity index (χ4v) is 3.35. The molecule has 0 amide bonds. The zero-order chi connectivity index (χ0) is 14.7. The van der Waals surface area contributed by atoms with E-state index in [1.807, 2.05) is 19.9 Å². The molecule has 1 unspecified atom stereocenters. The second-order valence-corrected chi connectivity index (χ2v) is 5.55. The quantitative estimate of drug-likeness (QED) is 0.781. The fourth-order valence-electron chi connectivity index (χ4n) is 3.35. The third-order valence-electron chi connectivity index (χ3n) is 4.18. The molecular formula is C17H24N2O2. The molecule has 0 radical (unpaired) electrons. The topological polar surface area (TPSA) is 34.1 Å². The van der Waals surface area contributed by atoms with Crippen LogP contribution in [0.25, 0.3) is 0 Å². The van der Waals surface area contributed by atoms with Crippen LogP contribution in [-0.4, -0.2) is 42.8 Å². The first-order chi connectivity index (χ1) is 10.3. The third kappa shape index (κ3) is 2.70. The number of ether oxygens (including phenoxy) is 2. The molecule has 0 N–H and O–H groups in total. The molecule has 1 fully saturated rings. The predicted molar refractivity (Wildman–Crippen MR) is 83.4 cm³/mol. The second-order valence-electron chi connectivity index (χ2n) is 5.55. The molecule has 4 nitrogen and oxygen atoms in total. The van der Waals surface area contributed by atoms with Gasteiger partial charge in [-0.15, -0.1) is 0 Å². The van der Waals surface area contributed by atoms with E-state index in [-0.39, 0.29) is 6.04 Å². The van der Waals surface area contributed by atoms with Crippen molar-refractivity contribution in [2.24, 2.45) is 4.99 Å². The van der Waals surface area contributed by atoms with Crippen LogP contribution in [0.5, 0.6) is 0 Å². The van der Waals surface area contributed by atoms with E-state index in [2.05, 4.69) is 29.2 Å². The summed E-state index contributed by atoms with van der Waals surface area (Å²) >= 11 is 0. The summed E-state index contributed by atoms with van der Waals surface area (Å²) in [5.41, 5.74) is 1.27. The van der Waals surface area contributed by atoms with Gasteiger partial charge in [-0.1, -0.05) is 30.3 Å². The van der Waals surface area contributed by atoms with Gasteiger partial charge in [-0.3, -0.25) is 4.99 Å². The summed E-state index contributed by atoms with van der Waals surface area (Å²) in [5.74, 6) is 0.358. The maximum atomic E-state index is 6.01. The van der Waals surface area contributed by atoms with Gasteiger partial charge in [0.05, 0.1) is 6.04 Å². The van der Waals surface area contributed by atoms with E-state index in [1.165, 1.54) is 5.56 Å². The molecule has 1 aromatic carbocycles. The fraction of sp³-hybridized carbons (Fsp3) is 0.588. The average molecular weight is 288 g/mol. The van der Waals surface area contributed by atoms with E-state index in [1.54, 1.807) is 0 Å². The van der Waals surface area contributed by atoms with Crippen molar-refractivity contribution < 1.29 is 9.47 Å². The normalized spacial score (nSPS) is 23.8. The van der Waals surface area contributed by atoms with E-state index < -0.39 is 5.79 Å². The first-order valence-electron chi connectivity index (χ1n) is 7.95. The Hall–Kier alpha value is -1.39. The number of benzene rings is 1. The van der Waals surface area contributed by atoms with Crippen molar-refractivity contribution in [2.45, 2.75) is 38.5 Å². The molecule has 2 aliphatic heterocycles. The van der Waals surface area contributed by atoms with Gasteiger partial charge in [-0.05, 0) is 25.8 Å². The van der Waals surface area contributed by atoms with Crippen molar-refractivity contribution in [3.05, 3.63) is 35.9 Å². The molecule has 2 aliphatic rings. The van der Waals surface area contributed by atoms with Crippen molar-refractivity contribution >= 4 is 5.84 Å². The van der Waals surface area contributed by atoms with Crippen LogP contribution in [0.3, 0.4) is 0 Å². The van der Waals surface area contributed by atoms with Crippen molar-refractivity contribution in [1.82, 2.24) is 4.90 Å². The van der Waals surface area contributed by atoms with Gasteiger partial charge in [-0.2, -0.15) is 0 Å². The van der Waals surface area contributed by atoms with Gasteiger partial charge in [0.25, 0.3) is 0 Å². The summed E-state index contributed by atoms with van der Waals surface area (Å²) in [7, 11) is 0. The lowest BCUT2D eigenvalue weighted by molar-refractivity contribution is -0.198. The smallest absolute Gasteiger partial charge is 0.227 e. The van der Waals surface area contributed by atoms with Gasteiger partial charge < -0.3 is 14.4 Å². The Morgan fingerprint density at radius 1 is 1.19 bits per heavy atom. The number of fused-ring (bicyclic) bond motifs is 1. The van der Waals surface area contributed by atoms with Gasteiger partial charge in [0.15, 0.2) is 5.84 Å². The summed E-state index contributed by atoms with van der Waals surface area (Å²) < 4.78 is 12.0. The molecule has 0 spiro atoms. The number of hydrogen-bond donors (Lipinski definition) is 0. The van der Waals surface area contributed by atoms with E-state index in [9.17, 15) is 0 Å². The van der Waals surface area contributed by atoms with Gasteiger partial charge in [0.2, 0.25) is 5.79 Å². The molecule has 3 rings (SSSR count). The molecule has 1 saturated heterocycles. The highest BCUT2D eigenvalue weighted by molar-refractivity contribution is 5.91. The number of aliphatic imine (C=N–C) groups is 1. The van der Waals surface area contributed by atoms with Crippen molar-refractivity contribution in [3.63, 3.8) is 0 Å². The van der Waals surface area contributed by atoms with Crippen LogP contribution in [0.4, 0.5) is 0 Å². The minimum absolute atomic E-state index is 0.194. The molecule has 1 aromatic rings. The lowest BCUT2D eigenvalue weighted by atomic mass is 10.0. The Balaban J connectivity index is 1.91. The van der Waals surface area contributed by atoms with Gasteiger partial charge in [0, 0.05) is 32.7 Å². The molecule has 1 atom stereocenters. The van der Waals surface area contributed by atoms with Crippen LogP contribution in [0.1, 0.15) is 38.3 Å². The summed E-state index contributed by atoms with van der Waals surface area (Å²) in [4.78, 5) is 7.30.